The predicted octanol–water partition coefficient (Wildman–Crippen LogP) is 3.96. The second-order valence-corrected chi connectivity index (χ2v) is 4.68. The average Bonchev–Trinajstić information content (AvgIpc) is 2.62. The quantitative estimate of drug-likeness (QED) is 0.769. The molecule has 0 saturated carbocycles. The molecule has 2 nitrogen and oxygen atoms in total. The molecule has 0 amide bonds. The van der Waals surface area contributed by atoms with Crippen LogP contribution in [-0.4, -0.2) is 9.78 Å². The molecule has 3 heteroatoms. The van der Waals surface area contributed by atoms with Crippen molar-refractivity contribution in [3.63, 3.8) is 0 Å². The van der Waals surface area contributed by atoms with Gasteiger partial charge in [0.05, 0.1) is 11.4 Å². The first kappa shape index (κ1) is 11.2. The summed E-state index contributed by atoms with van der Waals surface area (Å²) in [6.07, 6.45) is 0. The maximum absolute atomic E-state index is 6.16. The highest BCUT2D eigenvalue weighted by Gasteiger charge is 2.09. The van der Waals surface area contributed by atoms with Gasteiger partial charge >= 0.3 is 0 Å². The van der Waals surface area contributed by atoms with Gasteiger partial charge in [0.1, 0.15) is 5.15 Å². The monoisotopic (exact) mass is 234 g/mol. The van der Waals surface area contributed by atoms with E-state index in [1.54, 1.807) is 4.68 Å². The van der Waals surface area contributed by atoms with Gasteiger partial charge in [-0.1, -0.05) is 43.1 Å². The van der Waals surface area contributed by atoms with Gasteiger partial charge in [-0.05, 0) is 31.0 Å². The SMILES string of the molecule is Cc1ccc(-n2nc(C(C)C)cc2Cl)cc1. The summed E-state index contributed by atoms with van der Waals surface area (Å²) >= 11 is 6.16. The van der Waals surface area contributed by atoms with Crippen molar-refractivity contribution in [3.05, 3.63) is 46.7 Å². The number of hydrogen-bond donors (Lipinski definition) is 0. The standard InChI is InChI=1S/C13H15ClN2/c1-9(2)12-8-13(14)16(15-12)11-6-4-10(3)5-7-11/h4-9H,1-3H3. The van der Waals surface area contributed by atoms with Crippen LogP contribution in [0.15, 0.2) is 30.3 Å². The zero-order valence-corrected chi connectivity index (χ0v) is 10.5. The maximum Gasteiger partial charge on any atom is 0.133 e. The van der Waals surface area contributed by atoms with Gasteiger partial charge in [0.15, 0.2) is 0 Å². The third kappa shape index (κ3) is 2.12. The average molecular weight is 235 g/mol. The van der Waals surface area contributed by atoms with Gasteiger partial charge in [0.25, 0.3) is 0 Å². The summed E-state index contributed by atoms with van der Waals surface area (Å²) < 4.78 is 1.77. The number of halogens is 1. The van der Waals surface area contributed by atoms with E-state index in [1.165, 1.54) is 5.56 Å². The number of benzene rings is 1. The van der Waals surface area contributed by atoms with E-state index in [9.17, 15) is 0 Å². The van der Waals surface area contributed by atoms with Crippen LogP contribution < -0.4 is 0 Å². The summed E-state index contributed by atoms with van der Waals surface area (Å²) in [5, 5.41) is 5.15. The molecule has 0 spiro atoms. The minimum absolute atomic E-state index is 0.393. The lowest BCUT2D eigenvalue weighted by Gasteiger charge is -2.03. The fraction of sp³-hybridized carbons (Fsp3) is 0.308. The molecule has 0 saturated heterocycles. The molecule has 0 aliphatic heterocycles. The zero-order valence-electron chi connectivity index (χ0n) is 9.74. The smallest absolute Gasteiger partial charge is 0.133 e. The highest BCUT2D eigenvalue weighted by molar-refractivity contribution is 6.29. The summed E-state index contributed by atoms with van der Waals surface area (Å²) in [6.45, 7) is 6.28. The topological polar surface area (TPSA) is 17.8 Å². The molecular formula is C13H15ClN2. The van der Waals surface area contributed by atoms with E-state index in [0.29, 0.717) is 11.1 Å². The Morgan fingerprint density at radius 1 is 1.19 bits per heavy atom. The molecular weight excluding hydrogens is 220 g/mol. The Balaban J connectivity index is 2.44. The van der Waals surface area contributed by atoms with Crippen molar-refractivity contribution in [3.8, 4) is 5.69 Å². The van der Waals surface area contributed by atoms with Gasteiger partial charge < -0.3 is 0 Å². The summed E-state index contributed by atoms with van der Waals surface area (Å²) in [6, 6.07) is 10.1. The fourth-order valence-corrected chi connectivity index (χ4v) is 1.77. The second-order valence-electron chi connectivity index (χ2n) is 4.29. The Kier molecular flexibility index (Phi) is 3.01. The Morgan fingerprint density at radius 2 is 1.81 bits per heavy atom. The van der Waals surface area contributed by atoms with Crippen LogP contribution in [0.3, 0.4) is 0 Å². The molecule has 2 aromatic rings. The van der Waals surface area contributed by atoms with Gasteiger partial charge in [0, 0.05) is 0 Å². The number of hydrogen-bond acceptors (Lipinski definition) is 1. The van der Waals surface area contributed by atoms with Crippen LogP contribution in [0.2, 0.25) is 5.15 Å². The first-order chi connectivity index (χ1) is 7.58. The highest BCUT2D eigenvalue weighted by Crippen LogP contribution is 2.21. The summed E-state index contributed by atoms with van der Waals surface area (Å²) in [4.78, 5) is 0. The number of rotatable bonds is 2. The molecule has 0 unspecified atom stereocenters. The van der Waals surface area contributed by atoms with Gasteiger partial charge in [-0.2, -0.15) is 5.10 Å². The lowest BCUT2D eigenvalue weighted by molar-refractivity contribution is 0.768. The molecule has 0 atom stereocenters. The van der Waals surface area contributed by atoms with Crippen molar-refractivity contribution in [2.24, 2.45) is 0 Å². The third-order valence-corrected chi connectivity index (χ3v) is 2.82. The van der Waals surface area contributed by atoms with Crippen LogP contribution in [0.1, 0.15) is 31.0 Å². The Hall–Kier alpha value is -1.28. The van der Waals surface area contributed by atoms with Gasteiger partial charge in [-0.15, -0.1) is 0 Å². The molecule has 0 fully saturated rings. The van der Waals surface area contributed by atoms with Crippen molar-refractivity contribution < 1.29 is 0 Å². The molecule has 0 radical (unpaired) electrons. The molecule has 0 bridgehead atoms. The van der Waals surface area contributed by atoms with Crippen LogP contribution in [0, 0.1) is 6.92 Å². The van der Waals surface area contributed by atoms with E-state index in [-0.39, 0.29) is 0 Å². The van der Waals surface area contributed by atoms with Crippen molar-refractivity contribution in [1.29, 1.82) is 0 Å². The second kappa shape index (κ2) is 4.30. The zero-order chi connectivity index (χ0) is 11.7. The lowest BCUT2D eigenvalue weighted by atomic mass is 10.1. The molecule has 0 aliphatic rings. The Bertz CT molecular complexity index is 483. The van der Waals surface area contributed by atoms with Crippen molar-refractivity contribution in [2.45, 2.75) is 26.7 Å². The highest BCUT2D eigenvalue weighted by atomic mass is 35.5. The minimum atomic E-state index is 0.393. The largest absolute Gasteiger partial charge is 0.222 e. The number of aryl methyl sites for hydroxylation is 1. The van der Waals surface area contributed by atoms with E-state index in [2.05, 4.69) is 38.0 Å². The van der Waals surface area contributed by atoms with Crippen molar-refractivity contribution in [2.75, 3.05) is 0 Å². The fourth-order valence-electron chi connectivity index (χ4n) is 1.52. The minimum Gasteiger partial charge on any atom is -0.222 e. The van der Waals surface area contributed by atoms with Gasteiger partial charge in [-0.25, -0.2) is 4.68 Å². The molecule has 0 aliphatic carbocycles. The molecule has 1 heterocycles. The summed E-state index contributed by atoms with van der Waals surface area (Å²) in [5.41, 5.74) is 3.25. The Morgan fingerprint density at radius 3 is 2.31 bits per heavy atom. The van der Waals surface area contributed by atoms with Crippen LogP contribution in [0.25, 0.3) is 5.69 Å². The van der Waals surface area contributed by atoms with Gasteiger partial charge in [-0.3, -0.25) is 0 Å². The first-order valence-electron chi connectivity index (χ1n) is 5.40. The van der Waals surface area contributed by atoms with Crippen LogP contribution in [0.4, 0.5) is 0 Å². The summed E-state index contributed by atoms with van der Waals surface area (Å²) in [7, 11) is 0. The molecule has 1 aromatic heterocycles. The van der Waals surface area contributed by atoms with Gasteiger partial charge in [0.2, 0.25) is 0 Å². The molecule has 1 aromatic carbocycles. The van der Waals surface area contributed by atoms with Crippen LogP contribution in [0.5, 0.6) is 0 Å². The van der Waals surface area contributed by atoms with Crippen molar-refractivity contribution >= 4 is 11.6 Å². The van der Waals surface area contributed by atoms with E-state index < -0.39 is 0 Å². The molecule has 16 heavy (non-hydrogen) atoms. The van der Waals surface area contributed by atoms with Crippen LogP contribution >= 0.6 is 11.6 Å². The third-order valence-electron chi connectivity index (χ3n) is 2.55. The van der Waals surface area contributed by atoms with E-state index in [4.69, 9.17) is 11.6 Å². The lowest BCUT2D eigenvalue weighted by Crippen LogP contribution is -1.98. The number of aromatic nitrogens is 2. The predicted molar refractivity (Wildman–Crippen MR) is 67.4 cm³/mol. The molecule has 0 N–H and O–H groups in total. The normalized spacial score (nSPS) is 11.1. The van der Waals surface area contributed by atoms with E-state index in [0.717, 1.165) is 11.4 Å². The Labute approximate surface area is 101 Å². The van der Waals surface area contributed by atoms with E-state index >= 15 is 0 Å². The summed E-state index contributed by atoms with van der Waals surface area (Å²) in [5.74, 6) is 0.393. The maximum atomic E-state index is 6.16. The van der Waals surface area contributed by atoms with Crippen LogP contribution in [-0.2, 0) is 0 Å². The first-order valence-corrected chi connectivity index (χ1v) is 5.78. The number of nitrogens with zero attached hydrogens (tertiary/aromatic N) is 2. The molecule has 84 valence electrons. The molecule has 2 rings (SSSR count). The van der Waals surface area contributed by atoms with Crippen molar-refractivity contribution in [1.82, 2.24) is 9.78 Å². The van der Waals surface area contributed by atoms with E-state index in [1.807, 2.05) is 18.2 Å².